The first kappa shape index (κ1) is 13.3. The molecule has 1 saturated heterocycles. The molecule has 0 aromatic carbocycles. The molecule has 0 saturated carbocycles. The van der Waals surface area contributed by atoms with Gasteiger partial charge in [-0.2, -0.15) is 0 Å². The van der Waals surface area contributed by atoms with E-state index in [4.69, 9.17) is 11.6 Å². The fourth-order valence-corrected chi connectivity index (χ4v) is 2.36. The van der Waals surface area contributed by atoms with Gasteiger partial charge in [0.2, 0.25) is 0 Å². The summed E-state index contributed by atoms with van der Waals surface area (Å²) in [7, 11) is 2.13. The van der Waals surface area contributed by atoms with Crippen molar-refractivity contribution in [3.8, 4) is 0 Å². The Balaban J connectivity index is 1.84. The van der Waals surface area contributed by atoms with Crippen LogP contribution in [0.25, 0.3) is 0 Å². The maximum atomic E-state index is 11.9. The van der Waals surface area contributed by atoms with E-state index in [2.05, 4.69) is 22.2 Å². The first-order valence-corrected chi connectivity index (χ1v) is 6.62. The minimum atomic E-state index is -0.132. The molecule has 0 spiro atoms. The second-order valence-corrected chi connectivity index (χ2v) is 5.16. The summed E-state index contributed by atoms with van der Waals surface area (Å²) in [6, 6.07) is 3.41. The molecule has 2 rings (SSSR count). The topological polar surface area (TPSA) is 45.2 Å². The molecule has 0 unspecified atom stereocenters. The van der Waals surface area contributed by atoms with Crippen molar-refractivity contribution in [1.82, 2.24) is 15.2 Å². The van der Waals surface area contributed by atoms with Crippen molar-refractivity contribution in [2.75, 3.05) is 26.7 Å². The molecule has 1 aliphatic rings. The first-order valence-electron chi connectivity index (χ1n) is 6.24. The summed E-state index contributed by atoms with van der Waals surface area (Å²) in [5.41, 5.74) is 0.451. The van der Waals surface area contributed by atoms with Crippen molar-refractivity contribution in [3.05, 3.63) is 29.0 Å². The van der Waals surface area contributed by atoms with Crippen LogP contribution in [0.2, 0.25) is 5.15 Å². The number of hydrogen-bond acceptors (Lipinski definition) is 3. The molecule has 1 N–H and O–H groups in total. The van der Waals surface area contributed by atoms with Gasteiger partial charge in [-0.05, 0) is 51.0 Å². The summed E-state index contributed by atoms with van der Waals surface area (Å²) in [4.78, 5) is 18.1. The molecule has 5 heteroatoms. The van der Waals surface area contributed by atoms with Gasteiger partial charge in [0, 0.05) is 12.7 Å². The molecule has 1 amide bonds. The van der Waals surface area contributed by atoms with Crippen molar-refractivity contribution in [1.29, 1.82) is 0 Å². The molecular formula is C13H18ClN3O. The van der Waals surface area contributed by atoms with Crippen LogP contribution >= 0.6 is 11.6 Å². The van der Waals surface area contributed by atoms with Crippen molar-refractivity contribution < 1.29 is 4.79 Å². The van der Waals surface area contributed by atoms with E-state index in [0.717, 1.165) is 32.5 Å². The zero-order valence-corrected chi connectivity index (χ0v) is 11.3. The number of aromatic nitrogens is 1. The number of carbonyl (C=O) groups excluding carboxylic acids is 1. The third-order valence-corrected chi connectivity index (χ3v) is 3.69. The lowest BCUT2D eigenvalue weighted by molar-refractivity contribution is 0.0939. The van der Waals surface area contributed by atoms with Gasteiger partial charge in [-0.15, -0.1) is 0 Å². The van der Waals surface area contributed by atoms with E-state index >= 15 is 0 Å². The predicted octanol–water partition coefficient (Wildman–Crippen LogP) is 1.81. The molecule has 4 nitrogen and oxygen atoms in total. The normalized spacial score (nSPS) is 17.7. The Kier molecular flexibility index (Phi) is 4.55. The molecule has 0 aliphatic carbocycles. The van der Waals surface area contributed by atoms with Gasteiger partial charge in [0.05, 0.1) is 5.56 Å². The molecule has 1 aromatic heterocycles. The van der Waals surface area contributed by atoms with Crippen LogP contribution in [0.1, 0.15) is 23.2 Å². The molecule has 0 atom stereocenters. The maximum Gasteiger partial charge on any atom is 0.254 e. The van der Waals surface area contributed by atoms with Gasteiger partial charge in [0.25, 0.3) is 5.91 Å². The summed E-state index contributed by atoms with van der Waals surface area (Å²) >= 11 is 5.88. The average Bonchev–Trinajstić information content (AvgIpc) is 2.38. The van der Waals surface area contributed by atoms with E-state index < -0.39 is 0 Å². The molecule has 2 heterocycles. The lowest BCUT2D eigenvalue weighted by atomic mass is 9.97. The number of rotatable bonds is 3. The van der Waals surface area contributed by atoms with Crippen LogP contribution in [0.15, 0.2) is 18.3 Å². The molecule has 1 aromatic rings. The van der Waals surface area contributed by atoms with Crippen LogP contribution in [0.5, 0.6) is 0 Å². The highest BCUT2D eigenvalue weighted by Gasteiger charge is 2.18. The minimum Gasteiger partial charge on any atom is -0.352 e. The molecule has 1 fully saturated rings. The number of carbonyl (C=O) groups is 1. The Morgan fingerprint density at radius 1 is 1.56 bits per heavy atom. The van der Waals surface area contributed by atoms with E-state index in [1.807, 2.05) is 0 Å². The van der Waals surface area contributed by atoms with Gasteiger partial charge in [0.15, 0.2) is 0 Å². The number of piperidine rings is 1. The van der Waals surface area contributed by atoms with E-state index in [1.54, 1.807) is 18.3 Å². The number of nitrogens with one attached hydrogen (secondary N) is 1. The minimum absolute atomic E-state index is 0.132. The fourth-order valence-electron chi connectivity index (χ4n) is 2.15. The van der Waals surface area contributed by atoms with Crippen molar-refractivity contribution >= 4 is 17.5 Å². The van der Waals surface area contributed by atoms with Crippen LogP contribution in [0, 0.1) is 5.92 Å². The number of likely N-dealkylation sites (tertiary alicyclic amines) is 1. The maximum absolute atomic E-state index is 11.9. The van der Waals surface area contributed by atoms with Crippen LogP contribution in [-0.2, 0) is 0 Å². The van der Waals surface area contributed by atoms with Gasteiger partial charge in [-0.3, -0.25) is 4.79 Å². The number of halogens is 1. The lowest BCUT2D eigenvalue weighted by Gasteiger charge is -2.28. The predicted molar refractivity (Wildman–Crippen MR) is 71.8 cm³/mol. The molecule has 0 radical (unpaired) electrons. The number of hydrogen-bond donors (Lipinski definition) is 1. The fraction of sp³-hybridized carbons (Fsp3) is 0.538. The Morgan fingerprint density at radius 2 is 2.28 bits per heavy atom. The smallest absolute Gasteiger partial charge is 0.254 e. The van der Waals surface area contributed by atoms with E-state index in [9.17, 15) is 4.79 Å². The molecule has 0 bridgehead atoms. The van der Waals surface area contributed by atoms with Gasteiger partial charge >= 0.3 is 0 Å². The molecule has 18 heavy (non-hydrogen) atoms. The SMILES string of the molecule is CN1CCC(CNC(=O)c2cccnc2Cl)CC1. The summed E-state index contributed by atoms with van der Waals surface area (Å²) in [5.74, 6) is 0.438. The number of nitrogens with zero attached hydrogens (tertiary/aromatic N) is 2. The lowest BCUT2D eigenvalue weighted by Crippen LogP contribution is -2.37. The van der Waals surface area contributed by atoms with Crippen LogP contribution in [0.4, 0.5) is 0 Å². The van der Waals surface area contributed by atoms with Crippen molar-refractivity contribution in [3.63, 3.8) is 0 Å². The van der Waals surface area contributed by atoms with Crippen LogP contribution < -0.4 is 5.32 Å². The summed E-state index contributed by atoms with van der Waals surface area (Å²) in [5, 5.41) is 3.20. The highest BCUT2D eigenvalue weighted by molar-refractivity contribution is 6.32. The van der Waals surface area contributed by atoms with Crippen molar-refractivity contribution in [2.45, 2.75) is 12.8 Å². The highest BCUT2D eigenvalue weighted by Crippen LogP contribution is 2.16. The second kappa shape index (κ2) is 6.16. The van der Waals surface area contributed by atoms with Crippen LogP contribution in [0.3, 0.4) is 0 Å². The number of amides is 1. The zero-order chi connectivity index (χ0) is 13.0. The largest absolute Gasteiger partial charge is 0.352 e. The summed E-state index contributed by atoms with van der Waals surface area (Å²) in [6.45, 7) is 2.93. The number of pyridine rings is 1. The third kappa shape index (κ3) is 3.43. The summed E-state index contributed by atoms with van der Waals surface area (Å²) in [6.07, 6.45) is 3.85. The Morgan fingerprint density at radius 3 is 2.94 bits per heavy atom. The van der Waals surface area contributed by atoms with Gasteiger partial charge in [-0.25, -0.2) is 4.98 Å². The van der Waals surface area contributed by atoms with Gasteiger partial charge in [-0.1, -0.05) is 11.6 Å². The monoisotopic (exact) mass is 267 g/mol. The average molecular weight is 268 g/mol. The quantitative estimate of drug-likeness (QED) is 0.850. The Hall–Kier alpha value is -1.13. The van der Waals surface area contributed by atoms with Gasteiger partial charge in [0.1, 0.15) is 5.15 Å². The van der Waals surface area contributed by atoms with Crippen LogP contribution in [-0.4, -0.2) is 42.5 Å². The van der Waals surface area contributed by atoms with Crippen molar-refractivity contribution in [2.24, 2.45) is 5.92 Å². The standard InChI is InChI=1S/C13H18ClN3O/c1-17-7-4-10(5-8-17)9-16-13(18)11-3-2-6-15-12(11)14/h2-3,6,10H,4-5,7-9H2,1H3,(H,16,18). The highest BCUT2D eigenvalue weighted by atomic mass is 35.5. The van der Waals surface area contributed by atoms with E-state index in [1.165, 1.54) is 0 Å². The van der Waals surface area contributed by atoms with E-state index in [-0.39, 0.29) is 11.1 Å². The summed E-state index contributed by atoms with van der Waals surface area (Å²) < 4.78 is 0. The molecular weight excluding hydrogens is 250 g/mol. The second-order valence-electron chi connectivity index (χ2n) is 4.80. The van der Waals surface area contributed by atoms with E-state index in [0.29, 0.717) is 11.5 Å². The van der Waals surface area contributed by atoms with Gasteiger partial charge < -0.3 is 10.2 Å². The molecule has 98 valence electrons. The third-order valence-electron chi connectivity index (χ3n) is 3.39. The Bertz CT molecular complexity index is 416. The Labute approximate surface area is 112 Å². The zero-order valence-electron chi connectivity index (χ0n) is 10.5. The first-order chi connectivity index (χ1) is 8.66. The molecule has 1 aliphatic heterocycles.